The van der Waals surface area contributed by atoms with Crippen LogP contribution in [0, 0.1) is 6.92 Å². The second kappa shape index (κ2) is 9.35. The van der Waals surface area contributed by atoms with Gasteiger partial charge in [0.25, 0.3) is 0 Å². The van der Waals surface area contributed by atoms with Gasteiger partial charge in [0.2, 0.25) is 11.8 Å². The van der Waals surface area contributed by atoms with Crippen LogP contribution in [0.3, 0.4) is 0 Å². The number of nitrogens with zero attached hydrogens (tertiary/aromatic N) is 2. The molecule has 32 heavy (non-hydrogen) atoms. The molecule has 0 radical (unpaired) electrons. The number of methoxy groups -OCH3 is 2. The number of hydrogen-bond acceptors (Lipinski definition) is 7. The molecule has 0 spiro atoms. The maximum Gasteiger partial charge on any atom is 0.245 e. The van der Waals surface area contributed by atoms with E-state index in [0.717, 1.165) is 10.5 Å². The summed E-state index contributed by atoms with van der Waals surface area (Å²) >= 11 is 1.59. The molecule has 9 heteroatoms. The predicted octanol–water partition coefficient (Wildman–Crippen LogP) is 4.21. The average molecular weight is 454 g/mol. The van der Waals surface area contributed by atoms with Gasteiger partial charge in [-0.3, -0.25) is 9.59 Å². The van der Waals surface area contributed by atoms with Crippen molar-refractivity contribution in [3.05, 3.63) is 59.9 Å². The lowest BCUT2D eigenvalue weighted by Gasteiger charge is -2.21. The van der Waals surface area contributed by atoms with E-state index in [1.54, 1.807) is 39.0 Å². The molecule has 1 aromatic heterocycles. The number of hydrogen-bond donors (Lipinski definition) is 1. The van der Waals surface area contributed by atoms with Crippen LogP contribution in [0.4, 0.5) is 11.5 Å². The first-order valence-corrected chi connectivity index (χ1v) is 10.9. The molecule has 166 valence electrons. The first-order valence-electron chi connectivity index (χ1n) is 9.99. The molecule has 1 aliphatic heterocycles. The summed E-state index contributed by atoms with van der Waals surface area (Å²) in [5, 5.41) is 6.31. The highest BCUT2D eigenvalue weighted by Crippen LogP contribution is 2.46. The Labute approximate surface area is 189 Å². The number of ether oxygens (including phenoxy) is 2. The van der Waals surface area contributed by atoms with Crippen LogP contribution in [0.2, 0.25) is 0 Å². The summed E-state index contributed by atoms with van der Waals surface area (Å²) < 4.78 is 15.7. The highest BCUT2D eigenvalue weighted by Gasteiger charge is 2.31. The van der Waals surface area contributed by atoms with Crippen molar-refractivity contribution in [3.63, 3.8) is 0 Å². The molecule has 3 aromatic rings. The minimum absolute atomic E-state index is 0.124. The van der Waals surface area contributed by atoms with Crippen LogP contribution < -0.4 is 19.7 Å². The maximum atomic E-state index is 13.3. The standard InChI is InChI=1S/C23H23N3O5S/c1-14-10-21(25-31-14)24-22(27)13-26-16-6-4-5-7-19(16)32-20(12-23(26)28)15-8-9-17(29-2)18(11-15)30-3/h4-11,20H,12-13H2,1-3H3,(H,24,25,27). The Morgan fingerprint density at radius 3 is 2.69 bits per heavy atom. The molecule has 2 aromatic carbocycles. The molecular weight excluding hydrogens is 430 g/mol. The van der Waals surface area contributed by atoms with Gasteiger partial charge in [-0.15, -0.1) is 11.8 Å². The molecule has 4 rings (SSSR count). The van der Waals surface area contributed by atoms with Crippen LogP contribution in [-0.4, -0.2) is 37.7 Å². The quantitative estimate of drug-likeness (QED) is 0.597. The summed E-state index contributed by atoms with van der Waals surface area (Å²) in [6.07, 6.45) is 0.227. The van der Waals surface area contributed by atoms with E-state index in [0.29, 0.717) is 28.8 Å². The Morgan fingerprint density at radius 1 is 1.19 bits per heavy atom. The zero-order chi connectivity index (χ0) is 22.7. The van der Waals surface area contributed by atoms with Gasteiger partial charge in [-0.2, -0.15) is 0 Å². The Kier molecular flexibility index (Phi) is 6.36. The van der Waals surface area contributed by atoms with Crippen molar-refractivity contribution >= 4 is 35.1 Å². The topological polar surface area (TPSA) is 93.9 Å². The maximum absolute atomic E-state index is 13.3. The van der Waals surface area contributed by atoms with Crippen LogP contribution in [-0.2, 0) is 9.59 Å². The van der Waals surface area contributed by atoms with Gasteiger partial charge < -0.3 is 24.2 Å². The summed E-state index contributed by atoms with van der Waals surface area (Å²) in [5.41, 5.74) is 1.65. The fourth-order valence-corrected chi connectivity index (χ4v) is 4.81. The smallest absolute Gasteiger partial charge is 0.245 e. The van der Waals surface area contributed by atoms with E-state index in [-0.39, 0.29) is 30.0 Å². The van der Waals surface area contributed by atoms with Crippen molar-refractivity contribution in [2.75, 3.05) is 31.0 Å². The molecule has 0 aliphatic carbocycles. The van der Waals surface area contributed by atoms with Crippen molar-refractivity contribution in [2.24, 2.45) is 0 Å². The number of anilines is 2. The molecule has 8 nitrogen and oxygen atoms in total. The highest BCUT2D eigenvalue weighted by atomic mass is 32.2. The van der Waals surface area contributed by atoms with E-state index in [2.05, 4.69) is 10.5 Å². The largest absolute Gasteiger partial charge is 0.493 e. The minimum atomic E-state index is -0.351. The molecule has 1 N–H and O–H groups in total. The molecule has 0 saturated carbocycles. The lowest BCUT2D eigenvalue weighted by atomic mass is 10.1. The second-order valence-electron chi connectivity index (χ2n) is 7.24. The molecule has 0 bridgehead atoms. The second-order valence-corrected chi connectivity index (χ2v) is 8.49. The summed E-state index contributed by atoms with van der Waals surface area (Å²) in [7, 11) is 3.17. The number of aromatic nitrogens is 1. The van der Waals surface area contributed by atoms with Crippen LogP contribution in [0.5, 0.6) is 11.5 Å². The molecule has 2 amide bonds. The van der Waals surface area contributed by atoms with Gasteiger partial charge in [-0.1, -0.05) is 23.4 Å². The van der Waals surface area contributed by atoms with Crippen LogP contribution in [0.15, 0.2) is 57.9 Å². The van der Waals surface area contributed by atoms with E-state index < -0.39 is 0 Å². The fourth-order valence-electron chi connectivity index (χ4n) is 3.54. The minimum Gasteiger partial charge on any atom is -0.493 e. The van der Waals surface area contributed by atoms with Crippen molar-refractivity contribution in [3.8, 4) is 11.5 Å². The van der Waals surface area contributed by atoms with Gasteiger partial charge in [0.05, 0.1) is 19.9 Å². The van der Waals surface area contributed by atoms with Gasteiger partial charge in [-0.25, -0.2) is 0 Å². The van der Waals surface area contributed by atoms with Crippen LogP contribution >= 0.6 is 11.8 Å². The summed E-state index contributed by atoms with van der Waals surface area (Å²) in [6.45, 7) is 1.61. The number of carbonyl (C=O) groups excluding carboxylic acids is 2. The lowest BCUT2D eigenvalue weighted by molar-refractivity contribution is -0.121. The van der Waals surface area contributed by atoms with Crippen molar-refractivity contribution < 1.29 is 23.6 Å². The third-order valence-electron chi connectivity index (χ3n) is 5.06. The number of benzene rings is 2. The van der Waals surface area contributed by atoms with E-state index in [1.807, 2.05) is 42.5 Å². The number of thioether (sulfide) groups is 1. The van der Waals surface area contributed by atoms with Gasteiger partial charge in [-0.05, 0) is 36.8 Å². The number of nitrogens with one attached hydrogen (secondary N) is 1. The fraction of sp³-hybridized carbons (Fsp3) is 0.261. The number of aryl methyl sites for hydroxylation is 1. The molecule has 0 fully saturated rings. The molecule has 1 aliphatic rings. The lowest BCUT2D eigenvalue weighted by Crippen LogP contribution is -2.38. The third kappa shape index (κ3) is 4.57. The normalized spacial score (nSPS) is 15.7. The van der Waals surface area contributed by atoms with Crippen molar-refractivity contribution in [1.29, 1.82) is 0 Å². The Bertz CT molecular complexity index is 1150. The number of rotatable bonds is 6. The van der Waals surface area contributed by atoms with E-state index in [1.165, 1.54) is 4.90 Å². The van der Waals surface area contributed by atoms with E-state index >= 15 is 0 Å². The molecule has 0 saturated heterocycles. The first kappa shape index (κ1) is 21.8. The SMILES string of the molecule is COc1ccc(C2CC(=O)N(CC(=O)Nc3cc(C)on3)c3ccccc3S2)cc1OC. The monoisotopic (exact) mass is 453 g/mol. The van der Waals surface area contributed by atoms with Crippen molar-refractivity contribution in [1.82, 2.24) is 5.16 Å². The Morgan fingerprint density at radius 2 is 1.97 bits per heavy atom. The Hall–Kier alpha value is -3.46. The molecule has 1 atom stereocenters. The van der Waals surface area contributed by atoms with E-state index in [9.17, 15) is 9.59 Å². The van der Waals surface area contributed by atoms with Gasteiger partial charge in [0, 0.05) is 22.6 Å². The zero-order valence-corrected chi connectivity index (χ0v) is 18.8. The van der Waals surface area contributed by atoms with Crippen molar-refractivity contribution in [2.45, 2.75) is 23.5 Å². The number of amides is 2. The summed E-state index contributed by atoms with van der Waals surface area (Å²) in [6, 6.07) is 14.9. The molecular formula is C23H23N3O5S. The molecule has 1 unspecified atom stereocenters. The van der Waals surface area contributed by atoms with Gasteiger partial charge >= 0.3 is 0 Å². The first-order chi connectivity index (χ1) is 15.5. The number of para-hydroxylation sites is 1. The van der Waals surface area contributed by atoms with Gasteiger partial charge in [0.15, 0.2) is 17.3 Å². The number of carbonyl (C=O) groups is 2. The summed E-state index contributed by atoms with van der Waals surface area (Å²) in [4.78, 5) is 28.4. The highest BCUT2D eigenvalue weighted by molar-refractivity contribution is 7.99. The number of fused-ring (bicyclic) bond motifs is 1. The average Bonchev–Trinajstić information content (AvgIpc) is 3.14. The molecule has 2 heterocycles. The van der Waals surface area contributed by atoms with Gasteiger partial charge in [0.1, 0.15) is 12.3 Å². The van der Waals surface area contributed by atoms with Crippen LogP contribution in [0.1, 0.15) is 23.0 Å². The zero-order valence-electron chi connectivity index (χ0n) is 18.0. The summed E-state index contributed by atoms with van der Waals surface area (Å²) in [5.74, 6) is 1.65. The Balaban J connectivity index is 1.60. The van der Waals surface area contributed by atoms with Crippen LogP contribution in [0.25, 0.3) is 0 Å². The predicted molar refractivity (Wildman–Crippen MR) is 121 cm³/mol. The third-order valence-corrected chi connectivity index (χ3v) is 6.39. The van der Waals surface area contributed by atoms with E-state index in [4.69, 9.17) is 14.0 Å².